The van der Waals surface area contributed by atoms with E-state index < -0.39 is 8.25 Å². The summed E-state index contributed by atoms with van der Waals surface area (Å²) in [7, 11) is -3.13. The van der Waals surface area contributed by atoms with Gasteiger partial charge < -0.3 is 14.5 Å². The van der Waals surface area contributed by atoms with Gasteiger partial charge in [0.05, 0.1) is 6.61 Å². The molecule has 0 atom stereocenters. The summed E-state index contributed by atoms with van der Waals surface area (Å²) in [6, 6.07) is 0. The number of carbonyl (C=O) groups is 1. The molecule has 0 saturated heterocycles. The minimum Gasteiger partial charge on any atom is -0.466 e. The lowest BCUT2D eigenvalue weighted by atomic mass is 10.4. The number of ether oxygens (including phenoxy) is 1. The fourth-order valence-corrected chi connectivity index (χ4v) is 0.360. The van der Waals surface area contributed by atoms with E-state index in [9.17, 15) is 4.79 Å². The summed E-state index contributed by atoms with van der Waals surface area (Å²) in [5, 5.41) is 0. The topological polar surface area (TPSA) is 83.8 Å². The van der Waals surface area contributed by atoms with E-state index in [1.54, 1.807) is 0 Å². The van der Waals surface area contributed by atoms with E-state index in [4.69, 9.17) is 14.4 Å². The Balaban J connectivity index is 0. The Morgan fingerprint density at radius 3 is 2.17 bits per heavy atom. The zero-order valence-electron chi connectivity index (χ0n) is 7.24. The van der Waals surface area contributed by atoms with E-state index in [2.05, 4.69) is 11.7 Å². The van der Waals surface area contributed by atoms with E-state index in [0.717, 1.165) is 12.8 Å². The van der Waals surface area contributed by atoms with Crippen molar-refractivity contribution in [2.45, 2.75) is 26.7 Å². The molecule has 0 aliphatic rings. The average Bonchev–Trinajstić information content (AvgIpc) is 1.86. The van der Waals surface area contributed by atoms with Crippen molar-refractivity contribution in [2.24, 2.45) is 0 Å². The van der Waals surface area contributed by atoms with Gasteiger partial charge in [-0.05, 0) is 6.42 Å². The Morgan fingerprint density at radius 2 is 1.92 bits per heavy atom. The van der Waals surface area contributed by atoms with E-state index >= 15 is 0 Å². The molecule has 0 aromatic heterocycles. The first-order chi connectivity index (χ1) is 5.50. The van der Waals surface area contributed by atoms with Gasteiger partial charge in [-0.25, -0.2) is 0 Å². The van der Waals surface area contributed by atoms with Crippen LogP contribution in [0.1, 0.15) is 26.7 Å². The molecule has 12 heavy (non-hydrogen) atoms. The Labute approximate surface area is 72.3 Å². The second-order valence-electron chi connectivity index (χ2n) is 1.98. The van der Waals surface area contributed by atoms with Crippen LogP contribution in [0, 0.1) is 0 Å². The maximum absolute atomic E-state index is 10.1. The van der Waals surface area contributed by atoms with Gasteiger partial charge in [0.2, 0.25) is 0 Å². The van der Waals surface area contributed by atoms with Gasteiger partial charge in [-0.3, -0.25) is 9.36 Å². The van der Waals surface area contributed by atoms with Crippen LogP contribution in [0.3, 0.4) is 0 Å². The summed E-state index contributed by atoms with van der Waals surface area (Å²) in [5.74, 6) is -0.182. The Hall–Kier alpha value is -0.380. The molecular weight excluding hydrogens is 183 g/mol. The highest BCUT2D eigenvalue weighted by atomic mass is 31.1. The van der Waals surface area contributed by atoms with E-state index in [0.29, 0.717) is 6.61 Å². The quantitative estimate of drug-likeness (QED) is 0.396. The van der Waals surface area contributed by atoms with Gasteiger partial charge in [0.15, 0.2) is 0 Å². The maximum atomic E-state index is 10.1. The molecule has 0 radical (unpaired) electrons. The zero-order chi connectivity index (χ0) is 9.98. The molecule has 74 valence electrons. The fourth-order valence-electron chi connectivity index (χ4n) is 0.360. The number of unbranched alkanes of at least 4 members (excludes halogenated alkanes) is 1. The lowest BCUT2D eigenvalue weighted by molar-refractivity contribution is -0.141. The highest BCUT2D eigenvalue weighted by Crippen LogP contribution is 1.98. The van der Waals surface area contributed by atoms with Gasteiger partial charge in [0.1, 0.15) is 0 Å². The maximum Gasteiger partial charge on any atom is 0.314 e. The third kappa shape index (κ3) is 33.5. The first kappa shape index (κ1) is 14.2. The lowest BCUT2D eigenvalue weighted by Crippen LogP contribution is -1.99. The van der Waals surface area contributed by atoms with Gasteiger partial charge in [0.25, 0.3) is 0 Å². The number of esters is 1. The summed E-state index contributed by atoms with van der Waals surface area (Å²) >= 11 is 0. The van der Waals surface area contributed by atoms with Gasteiger partial charge in [-0.2, -0.15) is 0 Å². The molecule has 0 spiro atoms. The van der Waals surface area contributed by atoms with Crippen LogP contribution < -0.4 is 0 Å². The number of carbonyl (C=O) groups excluding carboxylic acids is 1. The Bertz CT molecular complexity index is 132. The van der Waals surface area contributed by atoms with Crippen molar-refractivity contribution in [1.29, 1.82) is 0 Å². The molecule has 0 aliphatic carbocycles. The highest BCUT2D eigenvalue weighted by molar-refractivity contribution is 7.30. The van der Waals surface area contributed by atoms with Crippen molar-refractivity contribution in [3.63, 3.8) is 0 Å². The Kier molecular flexibility index (Phi) is 12.5. The molecule has 0 aromatic rings. The summed E-state index contributed by atoms with van der Waals surface area (Å²) in [6.45, 7) is 4.06. The van der Waals surface area contributed by atoms with Crippen molar-refractivity contribution in [1.82, 2.24) is 0 Å². The number of hydrogen-bond donors (Lipinski definition) is 2. The second-order valence-corrected chi connectivity index (χ2v) is 2.54. The third-order valence-corrected chi connectivity index (χ3v) is 0.803. The van der Waals surface area contributed by atoms with E-state index in [1.807, 2.05) is 0 Å². The summed E-state index contributed by atoms with van der Waals surface area (Å²) < 4.78 is 13.4. The molecule has 2 N–H and O–H groups in total. The normalized spacial score (nSPS) is 8.75. The predicted octanol–water partition coefficient (Wildman–Crippen LogP) is 0.710. The van der Waals surface area contributed by atoms with Crippen LogP contribution in [-0.2, 0) is 14.1 Å². The first-order valence-electron chi connectivity index (χ1n) is 3.56. The molecule has 0 aromatic carbocycles. The molecule has 0 rings (SSSR count). The highest BCUT2D eigenvalue weighted by Gasteiger charge is 1.88. The van der Waals surface area contributed by atoms with Crippen molar-refractivity contribution < 1.29 is 23.9 Å². The monoisotopic (exact) mass is 198 g/mol. The summed E-state index contributed by atoms with van der Waals surface area (Å²) in [5.41, 5.74) is 0. The molecule has 0 fully saturated rings. The number of rotatable bonds is 3. The van der Waals surface area contributed by atoms with Gasteiger partial charge >= 0.3 is 14.2 Å². The van der Waals surface area contributed by atoms with Gasteiger partial charge in [0, 0.05) is 6.92 Å². The summed E-state index contributed by atoms with van der Waals surface area (Å²) in [6.07, 6.45) is 2.05. The van der Waals surface area contributed by atoms with E-state index in [-0.39, 0.29) is 5.97 Å². The van der Waals surface area contributed by atoms with Crippen molar-refractivity contribution >= 4 is 14.2 Å². The Morgan fingerprint density at radius 1 is 1.50 bits per heavy atom. The van der Waals surface area contributed by atoms with Gasteiger partial charge in [-0.15, -0.1) is 0 Å². The minimum atomic E-state index is -3.13. The van der Waals surface area contributed by atoms with Crippen LogP contribution >= 0.6 is 8.25 Å². The van der Waals surface area contributed by atoms with Crippen LogP contribution in [0.2, 0.25) is 0 Å². The fraction of sp³-hybridized carbons (Fsp3) is 0.833. The lowest BCUT2D eigenvalue weighted by Gasteiger charge is -1.96. The minimum absolute atomic E-state index is 0.182. The molecule has 0 bridgehead atoms. The predicted molar refractivity (Wildman–Crippen MR) is 45.0 cm³/mol. The molecule has 0 heterocycles. The SMILES string of the molecule is CCCCOC(C)=O.O=[PH](O)O. The molecule has 5 nitrogen and oxygen atoms in total. The van der Waals surface area contributed by atoms with Crippen molar-refractivity contribution in [3.8, 4) is 0 Å². The second kappa shape index (κ2) is 10.6. The standard InChI is InChI=1S/C6H12O2.H3O3P/c1-3-4-5-8-6(2)7;1-4(2)3/h3-5H2,1-2H3;4H,(H2,1,2,3). The molecule has 0 saturated carbocycles. The molecule has 0 aliphatic heterocycles. The van der Waals surface area contributed by atoms with Crippen LogP contribution in [-0.4, -0.2) is 22.4 Å². The van der Waals surface area contributed by atoms with Crippen LogP contribution in [0.4, 0.5) is 0 Å². The first-order valence-corrected chi connectivity index (χ1v) is 4.86. The van der Waals surface area contributed by atoms with Crippen LogP contribution in [0.15, 0.2) is 0 Å². The molecular formula is C6H15O5P. The number of hydrogen-bond acceptors (Lipinski definition) is 3. The summed E-state index contributed by atoms with van der Waals surface area (Å²) in [4.78, 5) is 24.4. The van der Waals surface area contributed by atoms with Crippen LogP contribution in [0.25, 0.3) is 0 Å². The third-order valence-electron chi connectivity index (χ3n) is 0.803. The molecule has 0 unspecified atom stereocenters. The zero-order valence-corrected chi connectivity index (χ0v) is 8.24. The van der Waals surface area contributed by atoms with Crippen molar-refractivity contribution in [3.05, 3.63) is 0 Å². The van der Waals surface area contributed by atoms with Crippen molar-refractivity contribution in [2.75, 3.05) is 6.61 Å². The average molecular weight is 198 g/mol. The smallest absolute Gasteiger partial charge is 0.314 e. The molecule has 6 heteroatoms. The molecule has 0 amide bonds. The largest absolute Gasteiger partial charge is 0.466 e. The van der Waals surface area contributed by atoms with Gasteiger partial charge in [-0.1, -0.05) is 13.3 Å². The van der Waals surface area contributed by atoms with E-state index in [1.165, 1.54) is 6.92 Å². The van der Waals surface area contributed by atoms with Crippen LogP contribution in [0.5, 0.6) is 0 Å².